The van der Waals surface area contributed by atoms with E-state index >= 15 is 0 Å². The highest BCUT2D eigenvalue weighted by Gasteiger charge is 2.07. The van der Waals surface area contributed by atoms with Crippen molar-refractivity contribution in [1.29, 1.82) is 0 Å². The Kier molecular flexibility index (Phi) is 3.13. The molecule has 1 atom stereocenters. The fraction of sp³-hybridized carbons (Fsp3) is 0.400. The van der Waals surface area contributed by atoms with Gasteiger partial charge in [-0.1, -0.05) is 6.07 Å². The third-order valence-electron chi connectivity index (χ3n) is 2.10. The number of nitrogens with zero attached hydrogens (tertiary/aromatic N) is 2. The van der Waals surface area contributed by atoms with Gasteiger partial charge in [-0.15, -0.1) is 21.5 Å². The molecule has 0 aliphatic rings. The molecule has 2 heterocycles. The maximum absolute atomic E-state index is 5.27. The van der Waals surface area contributed by atoms with Gasteiger partial charge in [0.05, 0.1) is 6.54 Å². The summed E-state index contributed by atoms with van der Waals surface area (Å²) in [6.07, 6.45) is 0. The van der Waals surface area contributed by atoms with E-state index < -0.39 is 0 Å². The molecular formula is C10H13N3OS. The second kappa shape index (κ2) is 4.55. The Bertz CT molecular complexity index is 410. The first-order valence-electron chi connectivity index (χ1n) is 4.81. The van der Waals surface area contributed by atoms with E-state index in [0.29, 0.717) is 24.4 Å². The van der Waals surface area contributed by atoms with Gasteiger partial charge in [0.2, 0.25) is 11.8 Å². The van der Waals surface area contributed by atoms with Crippen molar-refractivity contribution >= 4 is 11.3 Å². The zero-order valence-corrected chi connectivity index (χ0v) is 9.54. The number of hydrogen-bond donors (Lipinski definition) is 1. The second-order valence-electron chi connectivity index (χ2n) is 3.33. The molecule has 80 valence electrons. The molecule has 0 spiro atoms. The van der Waals surface area contributed by atoms with Gasteiger partial charge < -0.3 is 9.73 Å². The number of aryl methyl sites for hydroxylation is 1. The van der Waals surface area contributed by atoms with Crippen molar-refractivity contribution in [2.45, 2.75) is 26.4 Å². The normalized spacial score (nSPS) is 12.9. The predicted octanol–water partition coefficient (Wildman–Crippen LogP) is 2.29. The van der Waals surface area contributed by atoms with Crippen LogP contribution in [0.2, 0.25) is 0 Å². The summed E-state index contributed by atoms with van der Waals surface area (Å²) in [6, 6.07) is 4.48. The maximum Gasteiger partial charge on any atom is 0.230 e. The van der Waals surface area contributed by atoms with Gasteiger partial charge in [0.1, 0.15) is 0 Å². The van der Waals surface area contributed by atoms with Crippen LogP contribution in [-0.4, -0.2) is 10.2 Å². The van der Waals surface area contributed by atoms with Crippen molar-refractivity contribution < 1.29 is 4.42 Å². The Hall–Kier alpha value is -1.20. The highest BCUT2D eigenvalue weighted by atomic mass is 32.1. The molecule has 2 aromatic rings. The summed E-state index contributed by atoms with van der Waals surface area (Å²) in [7, 11) is 0. The quantitative estimate of drug-likeness (QED) is 0.864. The first-order valence-corrected chi connectivity index (χ1v) is 5.69. The monoisotopic (exact) mass is 223 g/mol. The van der Waals surface area contributed by atoms with Gasteiger partial charge in [-0.25, -0.2) is 0 Å². The largest absolute Gasteiger partial charge is 0.424 e. The van der Waals surface area contributed by atoms with E-state index in [-0.39, 0.29) is 0 Å². The van der Waals surface area contributed by atoms with Crippen LogP contribution in [0.5, 0.6) is 0 Å². The number of nitrogens with one attached hydrogen (secondary N) is 1. The fourth-order valence-corrected chi connectivity index (χ4v) is 2.05. The molecule has 15 heavy (non-hydrogen) atoms. The topological polar surface area (TPSA) is 51.0 Å². The third-order valence-corrected chi connectivity index (χ3v) is 3.15. The third kappa shape index (κ3) is 2.64. The summed E-state index contributed by atoms with van der Waals surface area (Å²) in [4.78, 5) is 1.31. The minimum Gasteiger partial charge on any atom is -0.424 e. The van der Waals surface area contributed by atoms with Gasteiger partial charge in [0.25, 0.3) is 0 Å². The molecule has 0 saturated heterocycles. The number of aromatic nitrogens is 2. The van der Waals surface area contributed by atoms with Gasteiger partial charge >= 0.3 is 0 Å². The molecule has 0 bridgehead atoms. The zero-order chi connectivity index (χ0) is 10.7. The predicted molar refractivity (Wildman–Crippen MR) is 58.6 cm³/mol. The molecule has 0 aliphatic carbocycles. The van der Waals surface area contributed by atoms with Crippen LogP contribution in [0.1, 0.15) is 29.6 Å². The molecule has 0 aliphatic heterocycles. The Morgan fingerprint density at radius 3 is 3.00 bits per heavy atom. The SMILES string of the molecule is Cc1nnc(CN[C@@H](C)c2cccs2)o1. The molecule has 0 amide bonds. The molecule has 0 saturated carbocycles. The molecule has 4 nitrogen and oxygen atoms in total. The van der Waals surface area contributed by atoms with E-state index in [2.05, 4.69) is 40.0 Å². The lowest BCUT2D eigenvalue weighted by atomic mass is 10.3. The van der Waals surface area contributed by atoms with Crippen LogP contribution < -0.4 is 5.32 Å². The van der Waals surface area contributed by atoms with Crippen LogP contribution in [0, 0.1) is 6.92 Å². The van der Waals surface area contributed by atoms with Crippen molar-refractivity contribution in [3.63, 3.8) is 0 Å². The van der Waals surface area contributed by atoms with Gasteiger partial charge in [0.15, 0.2) is 0 Å². The standard InChI is InChI=1S/C10H13N3OS/c1-7(9-4-3-5-15-9)11-6-10-13-12-8(2)14-10/h3-5,7,11H,6H2,1-2H3/t7-/m0/s1. The zero-order valence-electron chi connectivity index (χ0n) is 8.73. The summed E-state index contributed by atoms with van der Waals surface area (Å²) in [5.74, 6) is 1.24. The molecular weight excluding hydrogens is 210 g/mol. The summed E-state index contributed by atoms with van der Waals surface area (Å²) in [5.41, 5.74) is 0. The smallest absolute Gasteiger partial charge is 0.230 e. The summed E-state index contributed by atoms with van der Waals surface area (Å²) in [5, 5.41) is 13.1. The van der Waals surface area contributed by atoms with E-state index in [0.717, 1.165) is 0 Å². The van der Waals surface area contributed by atoms with Gasteiger partial charge in [0, 0.05) is 17.8 Å². The lowest BCUT2D eigenvalue weighted by Crippen LogP contribution is -2.17. The average Bonchev–Trinajstić information content (AvgIpc) is 2.84. The van der Waals surface area contributed by atoms with Gasteiger partial charge in [-0.2, -0.15) is 0 Å². The van der Waals surface area contributed by atoms with Crippen LogP contribution in [0.3, 0.4) is 0 Å². The highest BCUT2D eigenvalue weighted by molar-refractivity contribution is 7.10. The molecule has 0 fully saturated rings. The van der Waals surface area contributed by atoms with Crippen LogP contribution >= 0.6 is 11.3 Å². The minimum atomic E-state index is 0.317. The van der Waals surface area contributed by atoms with E-state index in [9.17, 15) is 0 Å². The van der Waals surface area contributed by atoms with Crippen LogP contribution in [0.15, 0.2) is 21.9 Å². The van der Waals surface area contributed by atoms with E-state index in [1.807, 2.05) is 0 Å². The van der Waals surface area contributed by atoms with Crippen molar-refractivity contribution in [3.8, 4) is 0 Å². The van der Waals surface area contributed by atoms with Crippen molar-refractivity contribution in [2.24, 2.45) is 0 Å². The van der Waals surface area contributed by atoms with E-state index in [1.165, 1.54) is 4.88 Å². The van der Waals surface area contributed by atoms with Gasteiger partial charge in [-0.3, -0.25) is 0 Å². The first kappa shape index (κ1) is 10.3. The molecule has 1 N–H and O–H groups in total. The summed E-state index contributed by atoms with van der Waals surface area (Å²) >= 11 is 1.74. The van der Waals surface area contributed by atoms with E-state index in [4.69, 9.17) is 4.42 Å². The molecule has 2 rings (SSSR count). The summed E-state index contributed by atoms with van der Waals surface area (Å²) in [6.45, 7) is 4.52. The number of hydrogen-bond acceptors (Lipinski definition) is 5. The Morgan fingerprint density at radius 1 is 1.53 bits per heavy atom. The highest BCUT2D eigenvalue weighted by Crippen LogP contribution is 2.18. The molecule has 0 radical (unpaired) electrons. The lowest BCUT2D eigenvalue weighted by molar-refractivity contribution is 0.432. The minimum absolute atomic E-state index is 0.317. The maximum atomic E-state index is 5.27. The van der Waals surface area contributed by atoms with Crippen molar-refractivity contribution in [3.05, 3.63) is 34.2 Å². The first-order chi connectivity index (χ1) is 7.25. The van der Waals surface area contributed by atoms with Crippen LogP contribution in [-0.2, 0) is 6.54 Å². The molecule has 2 aromatic heterocycles. The Labute approximate surface area is 92.3 Å². The number of rotatable bonds is 4. The molecule has 0 aromatic carbocycles. The Morgan fingerprint density at radius 2 is 2.40 bits per heavy atom. The number of thiophene rings is 1. The molecule has 5 heteroatoms. The van der Waals surface area contributed by atoms with Crippen molar-refractivity contribution in [2.75, 3.05) is 0 Å². The Balaban J connectivity index is 1.88. The van der Waals surface area contributed by atoms with Crippen molar-refractivity contribution in [1.82, 2.24) is 15.5 Å². The fourth-order valence-electron chi connectivity index (χ4n) is 1.29. The lowest BCUT2D eigenvalue weighted by Gasteiger charge is -2.09. The van der Waals surface area contributed by atoms with Crippen LogP contribution in [0.4, 0.5) is 0 Å². The van der Waals surface area contributed by atoms with Gasteiger partial charge in [-0.05, 0) is 18.4 Å². The molecule has 0 unspecified atom stereocenters. The van der Waals surface area contributed by atoms with Crippen LogP contribution in [0.25, 0.3) is 0 Å². The average molecular weight is 223 g/mol. The summed E-state index contributed by atoms with van der Waals surface area (Å²) < 4.78 is 5.27. The van der Waals surface area contributed by atoms with E-state index in [1.54, 1.807) is 18.3 Å². The second-order valence-corrected chi connectivity index (χ2v) is 4.31.